The number of rotatable bonds is 6. The summed E-state index contributed by atoms with van der Waals surface area (Å²) in [5.41, 5.74) is 3.50. The number of nitrogens with zero attached hydrogens (tertiary/aromatic N) is 2. The molecular weight excluding hydrogens is 412 g/mol. The predicted octanol–water partition coefficient (Wildman–Crippen LogP) is 5.57. The first-order valence-corrected chi connectivity index (χ1v) is 13.0. The van der Waals surface area contributed by atoms with Gasteiger partial charge in [-0.1, -0.05) is 27.7 Å². The number of hydrogen-bond acceptors (Lipinski definition) is 5. The topological polar surface area (TPSA) is 34.2 Å². The molecule has 2 aliphatic heterocycles. The molecule has 1 aromatic carbocycles. The van der Waals surface area contributed by atoms with Crippen LogP contribution in [-0.4, -0.2) is 65.1 Å². The van der Waals surface area contributed by atoms with E-state index in [1.165, 1.54) is 49.9 Å². The summed E-state index contributed by atoms with van der Waals surface area (Å²) in [6, 6.07) is 4.53. The second-order valence-corrected chi connectivity index (χ2v) is 12.2. The van der Waals surface area contributed by atoms with E-state index in [1.807, 2.05) is 0 Å². The largest absolute Gasteiger partial charge is 0.493 e. The Kier molecular flexibility index (Phi) is 7.50. The van der Waals surface area contributed by atoms with E-state index in [9.17, 15) is 0 Å². The van der Waals surface area contributed by atoms with Gasteiger partial charge in [0, 0.05) is 57.7 Å². The standard InChI is InChI=1S/C28H46N2O3/c1-27(2)17-22(18-28(3,4)20-27)23-15-25(31-5)26(32-6)16-24(23)30-11-9-29(10-12-30)19-21-7-13-33-14-8-21/h15-16,21-22H,7-14,17-20H2,1-6H3. The second-order valence-electron chi connectivity index (χ2n) is 12.2. The first-order valence-electron chi connectivity index (χ1n) is 13.0. The van der Waals surface area contributed by atoms with Gasteiger partial charge in [0.2, 0.25) is 0 Å². The van der Waals surface area contributed by atoms with Crippen molar-refractivity contribution in [2.24, 2.45) is 16.7 Å². The Morgan fingerprint density at radius 1 is 0.879 bits per heavy atom. The van der Waals surface area contributed by atoms with Gasteiger partial charge in [0.15, 0.2) is 11.5 Å². The van der Waals surface area contributed by atoms with Crippen LogP contribution in [0.5, 0.6) is 11.5 Å². The third kappa shape index (κ3) is 5.97. The SMILES string of the molecule is COc1cc(C2CC(C)(C)CC(C)(C)C2)c(N2CCN(CC3CCOCC3)CC2)cc1OC. The van der Waals surface area contributed by atoms with Crippen molar-refractivity contribution in [1.29, 1.82) is 0 Å². The van der Waals surface area contributed by atoms with Crippen molar-refractivity contribution in [3.05, 3.63) is 17.7 Å². The molecule has 2 heterocycles. The highest BCUT2D eigenvalue weighted by Crippen LogP contribution is 2.54. The maximum atomic E-state index is 5.75. The van der Waals surface area contributed by atoms with Crippen molar-refractivity contribution in [3.8, 4) is 11.5 Å². The fourth-order valence-electron chi connectivity index (χ4n) is 7.02. The average molecular weight is 459 g/mol. The van der Waals surface area contributed by atoms with Gasteiger partial charge in [0.05, 0.1) is 14.2 Å². The molecular formula is C28H46N2O3. The molecule has 0 spiro atoms. The molecule has 5 heteroatoms. The van der Waals surface area contributed by atoms with Crippen molar-refractivity contribution in [2.75, 3.05) is 65.1 Å². The lowest BCUT2D eigenvalue weighted by atomic mass is 9.60. The van der Waals surface area contributed by atoms with E-state index in [1.54, 1.807) is 14.2 Å². The quantitative estimate of drug-likeness (QED) is 0.556. The fraction of sp³-hybridized carbons (Fsp3) is 0.786. The molecule has 1 aliphatic carbocycles. The van der Waals surface area contributed by atoms with Crippen molar-refractivity contribution in [1.82, 2.24) is 4.90 Å². The number of ether oxygens (including phenoxy) is 3. The minimum atomic E-state index is 0.346. The molecule has 1 aromatic rings. The van der Waals surface area contributed by atoms with E-state index in [2.05, 4.69) is 49.6 Å². The number of hydrogen-bond donors (Lipinski definition) is 0. The van der Waals surface area contributed by atoms with Gasteiger partial charge in [-0.2, -0.15) is 0 Å². The number of methoxy groups -OCH3 is 2. The van der Waals surface area contributed by atoms with E-state index in [4.69, 9.17) is 14.2 Å². The van der Waals surface area contributed by atoms with Crippen LogP contribution >= 0.6 is 0 Å². The Morgan fingerprint density at radius 2 is 1.45 bits per heavy atom. The maximum absolute atomic E-state index is 5.75. The second kappa shape index (κ2) is 10.0. The summed E-state index contributed by atoms with van der Waals surface area (Å²) in [5, 5.41) is 0. The van der Waals surface area contributed by atoms with Crippen LogP contribution in [0.15, 0.2) is 12.1 Å². The van der Waals surface area contributed by atoms with E-state index < -0.39 is 0 Å². The van der Waals surface area contributed by atoms with Crippen LogP contribution in [-0.2, 0) is 4.74 Å². The summed E-state index contributed by atoms with van der Waals surface area (Å²) in [6.45, 7) is 17.3. The Bertz CT molecular complexity index is 777. The van der Waals surface area contributed by atoms with Gasteiger partial charge in [-0.15, -0.1) is 0 Å². The summed E-state index contributed by atoms with van der Waals surface area (Å²) in [6.07, 6.45) is 6.16. The lowest BCUT2D eigenvalue weighted by Gasteiger charge is -2.46. The van der Waals surface area contributed by atoms with Crippen LogP contribution in [0.2, 0.25) is 0 Å². The number of piperazine rings is 1. The highest BCUT2D eigenvalue weighted by molar-refractivity contribution is 5.63. The maximum Gasteiger partial charge on any atom is 0.162 e. The third-order valence-electron chi connectivity index (χ3n) is 8.10. The number of anilines is 1. The highest BCUT2D eigenvalue weighted by Gasteiger charge is 2.40. The van der Waals surface area contributed by atoms with Crippen molar-refractivity contribution in [3.63, 3.8) is 0 Å². The van der Waals surface area contributed by atoms with Gasteiger partial charge in [-0.05, 0) is 66.4 Å². The molecule has 1 saturated carbocycles. The molecule has 4 rings (SSSR count). The molecule has 0 atom stereocenters. The number of benzene rings is 1. The van der Waals surface area contributed by atoms with Crippen molar-refractivity contribution >= 4 is 5.69 Å². The van der Waals surface area contributed by atoms with E-state index in [-0.39, 0.29) is 0 Å². The van der Waals surface area contributed by atoms with Crippen LogP contribution in [0, 0.1) is 16.7 Å². The lowest BCUT2D eigenvalue weighted by Crippen LogP contribution is -2.48. The lowest BCUT2D eigenvalue weighted by molar-refractivity contribution is 0.0517. The van der Waals surface area contributed by atoms with Crippen molar-refractivity contribution < 1.29 is 14.2 Å². The summed E-state index contributed by atoms with van der Waals surface area (Å²) in [4.78, 5) is 5.27. The zero-order valence-electron chi connectivity index (χ0n) is 21.9. The monoisotopic (exact) mass is 458 g/mol. The molecule has 0 unspecified atom stereocenters. The molecule has 0 amide bonds. The molecule has 0 bridgehead atoms. The Morgan fingerprint density at radius 3 is 2.03 bits per heavy atom. The minimum Gasteiger partial charge on any atom is -0.493 e. The molecule has 33 heavy (non-hydrogen) atoms. The van der Waals surface area contributed by atoms with Gasteiger partial charge < -0.3 is 19.1 Å². The highest BCUT2D eigenvalue weighted by atomic mass is 16.5. The zero-order valence-corrected chi connectivity index (χ0v) is 21.9. The van der Waals surface area contributed by atoms with Crippen molar-refractivity contribution in [2.45, 2.75) is 65.7 Å². The normalized spacial score (nSPS) is 24.6. The Balaban J connectivity index is 1.55. The van der Waals surface area contributed by atoms with Crippen LogP contribution in [0.1, 0.15) is 71.3 Å². The molecule has 0 radical (unpaired) electrons. The molecule has 186 valence electrons. The van der Waals surface area contributed by atoms with Gasteiger partial charge in [0.1, 0.15) is 0 Å². The smallest absolute Gasteiger partial charge is 0.162 e. The molecule has 0 N–H and O–H groups in total. The molecule has 3 aliphatic rings. The molecule has 2 saturated heterocycles. The summed E-state index contributed by atoms with van der Waals surface area (Å²) >= 11 is 0. The minimum absolute atomic E-state index is 0.346. The van der Waals surface area contributed by atoms with Crippen LogP contribution in [0.4, 0.5) is 5.69 Å². The summed E-state index contributed by atoms with van der Waals surface area (Å²) < 4.78 is 17.0. The van der Waals surface area contributed by atoms with E-state index in [0.29, 0.717) is 16.7 Å². The van der Waals surface area contributed by atoms with Crippen LogP contribution < -0.4 is 14.4 Å². The van der Waals surface area contributed by atoms with Crippen LogP contribution in [0.3, 0.4) is 0 Å². The third-order valence-corrected chi connectivity index (χ3v) is 8.10. The first kappa shape index (κ1) is 24.7. The van der Waals surface area contributed by atoms with Gasteiger partial charge in [0.25, 0.3) is 0 Å². The molecule has 3 fully saturated rings. The molecule has 0 aromatic heterocycles. The molecule has 5 nitrogen and oxygen atoms in total. The van der Waals surface area contributed by atoms with Crippen LogP contribution in [0.25, 0.3) is 0 Å². The van der Waals surface area contributed by atoms with Gasteiger partial charge >= 0.3 is 0 Å². The summed E-state index contributed by atoms with van der Waals surface area (Å²) in [7, 11) is 3.51. The van der Waals surface area contributed by atoms with Gasteiger partial charge in [-0.25, -0.2) is 0 Å². The Labute approximate surface area is 201 Å². The predicted molar refractivity (Wildman–Crippen MR) is 136 cm³/mol. The zero-order chi connectivity index (χ0) is 23.6. The average Bonchev–Trinajstić information content (AvgIpc) is 2.77. The first-order chi connectivity index (χ1) is 15.7. The summed E-state index contributed by atoms with van der Waals surface area (Å²) in [5.74, 6) is 3.04. The van der Waals surface area contributed by atoms with E-state index >= 15 is 0 Å². The fourth-order valence-corrected chi connectivity index (χ4v) is 7.02. The van der Waals surface area contributed by atoms with E-state index in [0.717, 1.165) is 56.8 Å². The Hall–Kier alpha value is -1.46. The van der Waals surface area contributed by atoms with Gasteiger partial charge in [-0.3, -0.25) is 4.90 Å².